The van der Waals surface area contributed by atoms with Crippen LogP contribution in [0.1, 0.15) is 38.2 Å². The van der Waals surface area contributed by atoms with Gasteiger partial charge in [0.25, 0.3) is 0 Å². The molecule has 0 radical (unpaired) electrons. The summed E-state index contributed by atoms with van der Waals surface area (Å²) in [5.74, 6) is 0. The predicted molar refractivity (Wildman–Crippen MR) is 102 cm³/mol. The summed E-state index contributed by atoms with van der Waals surface area (Å²) in [6.45, 7) is 2.26. The van der Waals surface area contributed by atoms with Gasteiger partial charge in [0.1, 0.15) is 0 Å². The van der Waals surface area contributed by atoms with Gasteiger partial charge in [0, 0.05) is 5.69 Å². The van der Waals surface area contributed by atoms with Crippen LogP contribution in [0.25, 0.3) is 32.3 Å². The number of anilines is 1. The van der Waals surface area contributed by atoms with Gasteiger partial charge in [-0.2, -0.15) is 0 Å². The molecule has 1 nitrogen and oxygen atoms in total. The van der Waals surface area contributed by atoms with Gasteiger partial charge in [-0.15, -0.1) is 0 Å². The molecule has 0 saturated carbocycles. The van der Waals surface area contributed by atoms with Gasteiger partial charge in [-0.25, -0.2) is 0 Å². The van der Waals surface area contributed by atoms with Gasteiger partial charge in [0.05, 0.1) is 0 Å². The molecule has 0 amide bonds. The molecule has 0 aliphatic rings. The third-order valence-electron chi connectivity index (χ3n) is 4.99. The van der Waals surface area contributed by atoms with E-state index in [1.807, 2.05) is 0 Å². The molecule has 0 fully saturated rings. The molecule has 0 aliphatic carbocycles. The number of benzene rings is 4. The van der Waals surface area contributed by atoms with E-state index in [-0.39, 0.29) is 0 Å². The summed E-state index contributed by atoms with van der Waals surface area (Å²) in [5, 5.41) is 8.07. The van der Waals surface area contributed by atoms with E-state index in [9.17, 15) is 0 Å². The van der Waals surface area contributed by atoms with Crippen LogP contribution in [0.4, 0.5) is 5.69 Å². The molecule has 0 bridgehead atoms. The highest BCUT2D eigenvalue weighted by Gasteiger charge is 2.12. The first-order valence-electron chi connectivity index (χ1n) is 8.74. The van der Waals surface area contributed by atoms with E-state index < -0.39 is 0 Å². The van der Waals surface area contributed by atoms with E-state index in [1.165, 1.54) is 63.6 Å². The Kier molecular flexibility index (Phi) is 3.57. The first-order valence-corrected chi connectivity index (χ1v) is 8.74. The Bertz CT molecular complexity index is 968. The Labute approximate surface area is 137 Å². The lowest BCUT2D eigenvalue weighted by atomic mass is 9.89. The molecule has 0 spiro atoms. The summed E-state index contributed by atoms with van der Waals surface area (Å²) < 4.78 is 0. The normalized spacial score (nSPS) is 11.9. The second-order valence-corrected chi connectivity index (χ2v) is 6.66. The quantitative estimate of drug-likeness (QED) is 0.262. The van der Waals surface area contributed by atoms with Crippen LogP contribution in [-0.4, -0.2) is 0 Å². The van der Waals surface area contributed by atoms with Crippen LogP contribution in [0.15, 0.2) is 48.5 Å². The first-order chi connectivity index (χ1) is 11.3. The maximum Gasteiger partial charge on any atom is 0.0326 e. The zero-order valence-electron chi connectivity index (χ0n) is 13.7. The van der Waals surface area contributed by atoms with Gasteiger partial charge in [-0.3, -0.25) is 0 Å². The lowest BCUT2D eigenvalue weighted by Crippen LogP contribution is -1.94. The summed E-state index contributed by atoms with van der Waals surface area (Å²) in [6.07, 6.45) is 6.32. The molecule has 4 rings (SSSR count). The van der Waals surface area contributed by atoms with Crippen molar-refractivity contribution in [1.82, 2.24) is 0 Å². The molecular weight excluding hydrogens is 278 g/mol. The highest BCUT2D eigenvalue weighted by Crippen LogP contribution is 2.38. The van der Waals surface area contributed by atoms with Crippen LogP contribution in [0.5, 0.6) is 0 Å². The van der Waals surface area contributed by atoms with Crippen LogP contribution < -0.4 is 5.73 Å². The second-order valence-electron chi connectivity index (χ2n) is 6.66. The van der Waals surface area contributed by atoms with Gasteiger partial charge in [-0.1, -0.05) is 62.6 Å². The van der Waals surface area contributed by atoms with Crippen molar-refractivity contribution in [3.8, 4) is 0 Å². The van der Waals surface area contributed by atoms with E-state index in [1.54, 1.807) is 0 Å². The molecule has 1 heteroatoms. The average Bonchev–Trinajstić information content (AvgIpc) is 2.56. The standard InChI is InChI=1S/C22H23N/c1-2-3-4-5-7-16-12-17-9-6-8-15-10-11-18-13-19(23)14-20(16)22(18)21(15)17/h6,8-14H,2-5,7,23H2,1H3. The van der Waals surface area contributed by atoms with Crippen molar-refractivity contribution >= 4 is 38.0 Å². The third-order valence-corrected chi connectivity index (χ3v) is 4.99. The van der Waals surface area contributed by atoms with Gasteiger partial charge in [0.15, 0.2) is 0 Å². The summed E-state index contributed by atoms with van der Waals surface area (Å²) in [7, 11) is 0. The number of hydrogen-bond acceptors (Lipinski definition) is 1. The topological polar surface area (TPSA) is 26.0 Å². The number of rotatable bonds is 5. The molecule has 0 aromatic heterocycles. The van der Waals surface area contributed by atoms with Gasteiger partial charge >= 0.3 is 0 Å². The molecule has 4 aromatic rings. The molecule has 2 N–H and O–H groups in total. The van der Waals surface area contributed by atoms with Crippen molar-refractivity contribution in [3.63, 3.8) is 0 Å². The lowest BCUT2D eigenvalue weighted by molar-refractivity contribution is 0.668. The minimum absolute atomic E-state index is 0.866. The fourth-order valence-corrected chi connectivity index (χ4v) is 3.88. The molecule has 4 aromatic carbocycles. The number of unbranched alkanes of at least 4 members (excludes halogenated alkanes) is 3. The van der Waals surface area contributed by atoms with Crippen molar-refractivity contribution < 1.29 is 0 Å². The maximum absolute atomic E-state index is 6.18. The Hall–Kier alpha value is -2.28. The molecule has 23 heavy (non-hydrogen) atoms. The van der Waals surface area contributed by atoms with E-state index >= 15 is 0 Å². The molecule has 116 valence electrons. The van der Waals surface area contributed by atoms with Crippen LogP contribution >= 0.6 is 0 Å². The molecule has 0 aliphatic heterocycles. The monoisotopic (exact) mass is 301 g/mol. The molecule has 0 unspecified atom stereocenters. The van der Waals surface area contributed by atoms with Crippen LogP contribution in [0, 0.1) is 0 Å². The zero-order chi connectivity index (χ0) is 15.8. The summed E-state index contributed by atoms with van der Waals surface area (Å²) in [4.78, 5) is 0. The third kappa shape index (κ3) is 2.41. The number of nitrogen functional groups attached to an aromatic ring is 1. The summed E-state index contributed by atoms with van der Waals surface area (Å²) >= 11 is 0. The van der Waals surface area contributed by atoms with Crippen LogP contribution in [0.2, 0.25) is 0 Å². The van der Waals surface area contributed by atoms with Crippen molar-refractivity contribution in [2.75, 3.05) is 5.73 Å². The Balaban J connectivity index is 1.96. The van der Waals surface area contributed by atoms with Gasteiger partial charge < -0.3 is 5.73 Å². The van der Waals surface area contributed by atoms with Crippen molar-refractivity contribution in [2.24, 2.45) is 0 Å². The fraction of sp³-hybridized carbons (Fsp3) is 0.273. The predicted octanol–water partition coefficient (Wildman–Crippen LogP) is 6.29. The van der Waals surface area contributed by atoms with Gasteiger partial charge in [-0.05, 0) is 62.9 Å². The van der Waals surface area contributed by atoms with E-state index in [2.05, 4.69) is 55.5 Å². The fourth-order valence-electron chi connectivity index (χ4n) is 3.88. The van der Waals surface area contributed by atoms with Crippen molar-refractivity contribution in [1.29, 1.82) is 0 Å². The van der Waals surface area contributed by atoms with E-state index in [4.69, 9.17) is 5.73 Å². The largest absolute Gasteiger partial charge is 0.399 e. The summed E-state index contributed by atoms with van der Waals surface area (Å²) in [5.41, 5.74) is 8.49. The Morgan fingerprint density at radius 1 is 0.783 bits per heavy atom. The van der Waals surface area contributed by atoms with Crippen LogP contribution in [-0.2, 0) is 6.42 Å². The second kappa shape index (κ2) is 5.73. The zero-order valence-corrected chi connectivity index (χ0v) is 13.7. The average molecular weight is 301 g/mol. The number of nitrogens with two attached hydrogens (primary N) is 1. The minimum Gasteiger partial charge on any atom is -0.399 e. The lowest BCUT2D eigenvalue weighted by Gasteiger charge is -2.15. The SMILES string of the molecule is CCCCCCc1cc2cccc3ccc4cc(N)cc1c4c32. The maximum atomic E-state index is 6.18. The number of aryl methyl sites for hydroxylation is 1. The minimum atomic E-state index is 0.866. The highest BCUT2D eigenvalue weighted by atomic mass is 14.5. The van der Waals surface area contributed by atoms with E-state index in [0.29, 0.717) is 0 Å². The molecule has 0 atom stereocenters. The van der Waals surface area contributed by atoms with Crippen molar-refractivity contribution in [3.05, 3.63) is 54.1 Å². The smallest absolute Gasteiger partial charge is 0.0326 e. The van der Waals surface area contributed by atoms with Crippen LogP contribution in [0.3, 0.4) is 0 Å². The summed E-state index contributed by atoms with van der Waals surface area (Å²) in [6, 6.07) is 17.7. The Morgan fingerprint density at radius 2 is 1.57 bits per heavy atom. The molecule has 0 heterocycles. The van der Waals surface area contributed by atoms with Gasteiger partial charge in [0.2, 0.25) is 0 Å². The highest BCUT2D eigenvalue weighted by molar-refractivity contribution is 6.24. The molecule has 0 saturated heterocycles. The van der Waals surface area contributed by atoms with Crippen molar-refractivity contribution in [2.45, 2.75) is 39.0 Å². The Morgan fingerprint density at radius 3 is 2.43 bits per heavy atom. The molecular formula is C22H23N. The van der Waals surface area contributed by atoms with E-state index in [0.717, 1.165) is 12.1 Å². The first kappa shape index (κ1) is 14.3. The number of hydrogen-bond donors (Lipinski definition) is 1.